The molecule has 0 spiro atoms. The quantitative estimate of drug-likeness (QED) is 0.726. The molecule has 0 aliphatic carbocycles. The van der Waals surface area contributed by atoms with Gasteiger partial charge >= 0.3 is 0 Å². The van der Waals surface area contributed by atoms with Crippen LogP contribution in [0.25, 0.3) is 0 Å². The standard InChI is InChI=1S/C8H14N2O2S/c1-7(2)13(11,12)5-8-4-9-6-10(8)3/h4,6-7H,5H2,1-3H3. The lowest BCUT2D eigenvalue weighted by Gasteiger charge is -2.07. The average molecular weight is 202 g/mol. The summed E-state index contributed by atoms with van der Waals surface area (Å²) in [6.07, 6.45) is 3.19. The Morgan fingerprint density at radius 2 is 2.15 bits per heavy atom. The van der Waals surface area contributed by atoms with Crippen molar-refractivity contribution in [2.45, 2.75) is 24.9 Å². The topological polar surface area (TPSA) is 52.0 Å². The molecule has 1 aromatic heterocycles. The molecular formula is C8H14N2O2S. The molecule has 13 heavy (non-hydrogen) atoms. The molecule has 0 N–H and O–H groups in total. The van der Waals surface area contributed by atoms with Gasteiger partial charge in [-0.25, -0.2) is 13.4 Å². The molecule has 0 amide bonds. The lowest BCUT2D eigenvalue weighted by Crippen LogP contribution is -2.17. The second-order valence-electron chi connectivity index (χ2n) is 3.35. The zero-order valence-electron chi connectivity index (χ0n) is 8.06. The minimum absolute atomic E-state index is 0.0706. The monoisotopic (exact) mass is 202 g/mol. The molecule has 0 radical (unpaired) electrons. The Hall–Kier alpha value is -0.840. The highest BCUT2D eigenvalue weighted by Gasteiger charge is 2.18. The summed E-state index contributed by atoms with van der Waals surface area (Å²) in [6, 6.07) is 0. The fraction of sp³-hybridized carbons (Fsp3) is 0.625. The molecule has 0 aliphatic heterocycles. The molecule has 4 nitrogen and oxygen atoms in total. The van der Waals surface area contributed by atoms with E-state index in [0.717, 1.165) is 5.69 Å². The summed E-state index contributed by atoms with van der Waals surface area (Å²) in [7, 11) is -1.21. The van der Waals surface area contributed by atoms with Crippen LogP contribution in [0.2, 0.25) is 0 Å². The Morgan fingerprint density at radius 3 is 2.54 bits per heavy atom. The summed E-state index contributed by atoms with van der Waals surface area (Å²) >= 11 is 0. The minimum atomic E-state index is -3.00. The Labute approximate surface area is 78.5 Å². The van der Waals surface area contributed by atoms with Crippen molar-refractivity contribution in [3.63, 3.8) is 0 Å². The zero-order chi connectivity index (χ0) is 10.1. The van der Waals surface area contributed by atoms with Crippen molar-refractivity contribution < 1.29 is 8.42 Å². The van der Waals surface area contributed by atoms with Crippen molar-refractivity contribution in [2.75, 3.05) is 0 Å². The van der Waals surface area contributed by atoms with Crippen LogP contribution in [0.1, 0.15) is 19.5 Å². The Balaban J connectivity index is 2.88. The predicted molar refractivity (Wildman–Crippen MR) is 51.0 cm³/mol. The van der Waals surface area contributed by atoms with Gasteiger partial charge in [0.1, 0.15) is 0 Å². The number of rotatable bonds is 3. The molecule has 0 aromatic carbocycles. The maximum absolute atomic E-state index is 11.5. The van der Waals surface area contributed by atoms with Gasteiger partial charge < -0.3 is 4.57 Å². The second kappa shape index (κ2) is 3.49. The molecule has 1 heterocycles. The summed E-state index contributed by atoms with van der Waals surface area (Å²) in [5.74, 6) is 0.0706. The molecule has 0 saturated heterocycles. The first-order valence-electron chi connectivity index (χ1n) is 4.10. The van der Waals surface area contributed by atoms with E-state index in [1.807, 2.05) is 0 Å². The van der Waals surface area contributed by atoms with Gasteiger partial charge in [0.25, 0.3) is 0 Å². The lowest BCUT2D eigenvalue weighted by atomic mass is 10.5. The number of hydrogen-bond donors (Lipinski definition) is 0. The largest absolute Gasteiger partial charge is 0.337 e. The molecule has 0 fully saturated rings. The fourth-order valence-corrected chi connectivity index (χ4v) is 1.92. The van der Waals surface area contributed by atoms with Gasteiger partial charge in [-0.3, -0.25) is 0 Å². The van der Waals surface area contributed by atoms with Crippen LogP contribution in [-0.2, 0) is 22.6 Å². The van der Waals surface area contributed by atoms with Gasteiger partial charge in [-0.15, -0.1) is 0 Å². The number of imidazole rings is 1. The zero-order valence-corrected chi connectivity index (χ0v) is 8.87. The van der Waals surface area contributed by atoms with E-state index in [0.29, 0.717) is 0 Å². The Morgan fingerprint density at radius 1 is 1.54 bits per heavy atom. The fourth-order valence-electron chi connectivity index (χ4n) is 0.896. The van der Waals surface area contributed by atoms with Crippen molar-refractivity contribution >= 4 is 9.84 Å². The van der Waals surface area contributed by atoms with Gasteiger partial charge in [-0.05, 0) is 13.8 Å². The van der Waals surface area contributed by atoms with E-state index in [4.69, 9.17) is 0 Å². The highest BCUT2D eigenvalue weighted by Crippen LogP contribution is 2.09. The molecule has 0 saturated carbocycles. The van der Waals surface area contributed by atoms with Gasteiger partial charge in [0.15, 0.2) is 9.84 Å². The number of sulfone groups is 1. The van der Waals surface area contributed by atoms with Crippen LogP contribution < -0.4 is 0 Å². The number of aryl methyl sites for hydroxylation is 1. The van der Waals surface area contributed by atoms with Crippen LogP contribution in [0.3, 0.4) is 0 Å². The predicted octanol–water partition coefficient (Wildman–Crippen LogP) is 0.743. The maximum atomic E-state index is 11.5. The third-order valence-corrected chi connectivity index (χ3v) is 4.12. The van der Waals surface area contributed by atoms with E-state index >= 15 is 0 Å². The normalized spacial score (nSPS) is 12.3. The summed E-state index contributed by atoms with van der Waals surface area (Å²) in [5.41, 5.74) is 0.730. The maximum Gasteiger partial charge on any atom is 0.158 e. The SMILES string of the molecule is CC(C)S(=O)(=O)Cc1cncn1C. The summed E-state index contributed by atoms with van der Waals surface area (Å²) in [4.78, 5) is 3.86. The molecule has 1 rings (SSSR count). The van der Waals surface area contributed by atoms with Crippen molar-refractivity contribution in [3.05, 3.63) is 18.2 Å². The minimum Gasteiger partial charge on any atom is -0.337 e. The first kappa shape index (κ1) is 10.2. The molecule has 0 unspecified atom stereocenters. The van der Waals surface area contributed by atoms with Crippen LogP contribution in [0, 0.1) is 0 Å². The average Bonchev–Trinajstić information content (AvgIpc) is 2.35. The highest BCUT2D eigenvalue weighted by molar-refractivity contribution is 7.91. The number of aromatic nitrogens is 2. The van der Waals surface area contributed by atoms with Crippen LogP contribution in [0.15, 0.2) is 12.5 Å². The van der Waals surface area contributed by atoms with Gasteiger partial charge in [0, 0.05) is 13.2 Å². The first-order chi connectivity index (χ1) is 5.93. The molecule has 0 aliphatic rings. The number of hydrogen-bond acceptors (Lipinski definition) is 3. The smallest absolute Gasteiger partial charge is 0.158 e. The highest BCUT2D eigenvalue weighted by atomic mass is 32.2. The molecule has 0 bridgehead atoms. The van der Waals surface area contributed by atoms with Crippen molar-refractivity contribution in [1.29, 1.82) is 0 Å². The number of nitrogens with zero attached hydrogens (tertiary/aromatic N) is 2. The van der Waals surface area contributed by atoms with Gasteiger partial charge in [0.05, 0.1) is 23.0 Å². The first-order valence-corrected chi connectivity index (χ1v) is 5.82. The molecule has 5 heteroatoms. The van der Waals surface area contributed by atoms with Gasteiger partial charge in [0.2, 0.25) is 0 Å². The van der Waals surface area contributed by atoms with E-state index in [1.54, 1.807) is 38.0 Å². The molecular weight excluding hydrogens is 188 g/mol. The van der Waals surface area contributed by atoms with Gasteiger partial charge in [-0.2, -0.15) is 0 Å². The summed E-state index contributed by atoms with van der Waals surface area (Å²) in [5, 5.41) is -0.331. The van der Waals surface area contributed by atoms with E-state index in [-0.39, 0.29) is 11.0 Å². The lowest BCUT2D eigenvalue weighted by molar-refractivity contribution is 0.584. The van der Waals surface area contributed by atoms with Crippen molar-refractivity contribution in [3.8, 4) is 0 Å². The second-order valence-corrected chi connectivity index (χ2v) is 5.91. The third kappa shape index (κ3) is 2.30. The van der Waals surface area contributed by atoms with E-state index in [9.17, 15) is 8.42 Å². The Bertz CT molecular complexity index is 379. The van der Waals surface area contributed by atoms with Gasteiger partial charge in [-0.1, -0.05) is 0 Å². The third-order valence-electron chi connectivity index (χ3n) is 1.98. The summed E-state index contributed by atoms with van der Waals surface area (Å²) < 4.78 is 24.7. The summed E-state index contributed by atoms with van der Waals surface area (Å²) in [6.45, 7) is 3.37. The van der Waals surface area contributed by atoms with Crippen LogP contribution in [-0.4, -0.2) is 23.2 Å². The Kier molecular flexibility index (Phi) is 2.75. The van der Waals surface area contributed by atoms with E-state index < -0.39 is 9.84 Å². The van der Waals surface area contributed by atoms with Crippen molar-refractivity contribution in [2.24, 2.45) is 7.05 Å². The van der Waals surface area contributed by atoms with Crippen molar-refractivity contribution in [1.82, 2.24) is 9.55 Å². The van der Waals surface area contributed by atoms with Crippen LogP contribution in [0.5, 0.6) is 0 Å². The molecule has 74 valence electrons. The van der Waals surface area contributed by atoms with E-state index in [2.05, 4.69) is 4.98 Å². The molecule has 1 aromatic rings. The van der Waals surface area contributed by atoms with E-state index in [1.165, 1.54) is 0 Å². The van der Waals surface area contributed by atoms with Crippen LogP contribution in [0.4, 0.5) is 0 Å². The van der Waals surface area contributed by atoms with Crippen LogP contribution >= 0.6 is 0 Å². The molecule has 0 atom stereocenters.